The largest absolute Gasteiger partial charge is 0.444 e. The van der Waals surface area contributed by atoms with Crippen molar-refractivity contribution in [1.29, 1.82) is 0 Å². The lowest BCUT2D eigenvalue weighted by Crippen LogP contribution is -2.33. The van der Waals surface area contributed by atoms with Gasteiger partial charge in [0.25, 0.3) is 0 Å². The number of hydrogen-bond donors (Lipinski definition) is 2. The van der Waals surface area contributed by atoms with Crippen LogP contribution in [-0.4, -0.2) is 28.2 Å². The Hall–Kier alpha value is -1.52. The number of aryl methyl sites for hydroxylation is 1. The molecule has 0 bridgehead atoms. The van der Waals surface area contributed by atoms with E-state index in [1.54, 1.807) is 0 Å². The number of hydrogen-bond acceptors (Lipinski definition) is 3. The minimum absolute atomic E-state index is 0.375. The summed E-state index contributed by atoms with van der Waals surface area (Å²) in [7, 11) is 0. The number of H-pyrrole nitrogens is 1. The minimum Gasteiger partial charge on any atom is -0.444 e. The van der Waals surface area contributed by atoms with Gasteiger partial charge >= 0.3 is 6.09 Å². The van der Waals surface area contributed by atoms with E-state index in [9.17, 15) is 4.79 Å². The van der Waals surface area contributed by atoms with E-state index in [0.29, 0.717) is 18.9 Å². The summed E-state index contributed by atoms with van der Waals surface area (Å²) >= 11 is 0. The lowest BCUT2D eigenvalue weighted by Gasteiger charge is -2.19. The van der Waals surface area contributed by atoms with Crippen molar-refractivity contribution in [2.45, 2.75) is 58.5 Å². The molecule has 2 rings (SSSR count). The van der Waals surface area contributed by atoms with Crippen molar-refractivity contribution in [3.63, 3.8) is 0 Å². The molecule has 1 heterocycles. The van der Waals surface area contributed by atoms with Gasteiger partial charge in [0.1, 0.15) is 11.4 Å². The van der Waals surface area contributed by atoms with Crippen LogP contribution in [0.5, 0.6) is 0 Å². The average Bonchev–Trinajstić information content (AvgIpc) is 2.79. The Morgan fingerprint density at radius 3 is 2.89 bits per heavy atom. The Morgan fingerprint density at radius 1 is 1.53 bits per heavy atom. The molecule has 1 aliphatic carbocycles. The van der Waals surface area contributed by atoms with E-state index in [2.05, 4.69) is 22.2 Å². The lowest BCUT2D eigenvalue weighted by molar-refractivity contribution is 0.0528. The van der Waals surface area contributed by atoms with Gasteiger partial charge in [0.2, 0.25) is 0 Å². The molecule has 0 aromatic carbocycles. The van der Waals surface area contributed by atoms with E-state index < -0.39 is 5.60 Å². The van der Waals surface area contributed by atoms with E-state index >= 15 is 0 Å². The smallest absolute Gasteiger partial charge is 0.407 e. The van der Waals surface area contributed by atoms with Crippen molar-refractivity contribution in [3.8, 4) is 0 Å². The third-order valence-electron chi connectivity index (χ3n) is 3.18. The summed E-state index contributed by atoms with van der Waals surface area (Å²) in [4.78, 5) is 19.4. The molecule has 0 fully saturated rings. The first-order valence-electron chi connectivity index (χ1n) is 6.89. The molecule has 0 saturated carbocycles. The molecule has 0 aliphatic heterocycles. The summed E-state index contributed by atoms with van der Waals surface area (Å²) in [5.41, 5.74) is 2.01. The molecule has 106 valence electrons. The van der Waals surface area contributed by atoms with Gasteiger partial charge in [0.05, 0.1) is 5.69 Å². The number of nitrogens with zero attached hydrogens (tertiary/aromatic N) is 1. The SMILES string of the molecule is CC1CCc2[nH]c(CCNC(=O)OC(C)(C)C)nc21. The fraction of sp³-hybridized carbons (Fsp3) is 0.714. The molecule has 1 aliphatic rings. The second-order valence-corrected chi connectivity index (χ2v) is 6.17. The number of fused-ring (bicyclic) bond motifs is 1. The maximum atomic E-state index is 11.5. The molecule has 2 N–H and O–H groups in total. The van der Waals surface area contributed by atoms with Gasteiger partial charge in [0, 0.05) is 24.6 Å². The van der Waals surface area contributed by atoms with Crippen LogP contribution in [0.4, 0.5) is 4.79 Å². The average molecular weight is 265 g/mol. The summed E-state index contributed by atoms with van der Waals surface area (Å²) in [6.45, 7) is 8.30. The van der Waals surface area contributed by atoms with Crippen LogP contribution in [-0.2, 0) is 17.6 Å². The lowest BCUT2D eigenvalue weighted by atomic mass is 10.1. The molecule has 5 nitrogen and oxygen atoms in total. The van der Waals surface area contributed by atoms with Crippen molar-refractivity contribution in [1.82, 2.24) is 15.3 Å². The van der Waals surface area contributed by atoms with Crippen LogP contribution in [0, 0.1) is 0 Å². The van der Waals surface area contributed by atoms with Crippen LogP contribution < -0.4 is 5.32 Å². The highest BCUT2D eigenvalue weighted by Gasteiger charge is 2.22. The molecule has 5 heteroatoms. The van der Waals surface area contributed by atoms with Crippen molar-refractivity contribution >= 4 is 6.09 Å². The number of aromatic amines is 1. The monoisotopic (exact) mass is 265 g/mol. The standard InChI is InChI=1S/C14H23N3O2/c1-9-5-6-10-12(9)17-11(16-10)7-8-15-13(18)19-14(2,3)4/h9H,5-8H2,1-4H3,(H,15,18)(H,16,17). The molecule has 0 radical (unpaired) electrons. The Morgan fingerprint density at radius 2 is 2.26 bits per heavy atom. The topological polar surface area (TPSA) is 67.0 Å². The van der Waals surface area contributed by atoms with Crippen molar-refractivity contribution in [2.75, 3.05) is 6.54 Å². The Labute approximate surface area is 114 Å². The van der Waals surface area contributed by atoms with Gasteiger partial charge in [0.15, 0.2) is 0 Å². The summed E-state index contributed by atoms with van der Waals surface area (Å²) < 4.78 is 5.17. The highest BCUT2D eigenvalue weighted by molar-refractivity contribution is 5.67. The second kappa shape index (κ2) is 5.23. The molecule has 1 aromatic heterocycles. The molecular formula is C14H23N3O2. The van der Waals surface area contributed by atoms with Crippen molar-refractivity contribution in [3.05, 3.63) is 17.2 Å². The first-order chi connectivity index (χ1) is 8.85. The zero-order valence-electron chi connectivity index (χ0n) is 12.2. The fourth-order valence-corrected chi connectivity index (χ4v) is 2.29. The number of imidazole rings is 1. The molecular weight excluding hydrogens is 242 g/mol. The van der Waals surface area contributed by atoms with Crippen LogP contribution in [0.2, 0.25) is 0 Å². The molecule has 1 amide bonds. The molecule has 19 heavy (non-hydrogen) atoms. The quantitative estimate of drug-likeness (QED) is 0.882. The molecule has 1 atom stereocenters. The van der Waals surface area contributed by atoms with Crippen LogP contribution in [0.25, 0.3) is 0 Å². The predicted octanol–water partition coefficient (Wildman–Crippen LogP) is 2.53. The van der Waals surface area contributed by atoms with Gasteiger partial charge in [-0.05, 0) is 33.6 Å². The first-order valence-corrected chi connectivity index (χ1v) is 6.89. The van der Waals surface area contributed by atoms with Gasteiger partial charge in [-0.3, -0.25) is 0 Å². The Kier molecular flexibility index (Phi) is 3.83. The summed E-state index contributed by atoms with van der Waals surface area (Å²) in [5.74, 6) is 1.51. The minimum atomic E-state index is -0.453. The van der Waals surface area contributed by atoms with E-state index in [1.165, 1.54) is 17.8 Å². The van der Waals surface area contributed by atoms with Crippen LogP contribution in [0.15, 0.2) is 0 Å². The third kappa shape index (κ3) is 3.72. The molecule has 1 unspecified atom stereocenters. The van der Waals surface area contributed by atoms with Gasteiger partial charge in [-0.25, -0.2) is 9.78 Å². The van der Waals surface area contributed by atoms with Crippen molar-refractivity contribution < 1.29 is 9.53 Å². The maximum absolute atomic E-state index is 11.5. The highest BCUT2D eigenvalue weighted by Crippen LogP contribution is 2.30. The molecule has 0 saturated heterocycles. The summed E-state index contributed by atoms with van der Waals surface area (Å²) in [6, 6.07) is 0. The van der Waals surface area contributed by atoms with Gasteiger partial charge in [-0.1, -0.05) is 6.92 Å². The number of ether oxygens (including phenoxy) is 1. The molecule has 1 aromatic rings. The van der Waals surface area contributed by atoms with Gasteiger partial charge < -0.3 is 15.0 Å². The first kappa shape index (κ1) is 13.9. The van der Waals surface area contributed by atoms with E-state index in [0.717, 1.165) is 12.2 Å². The summed E-state index contributed by atoms with van der Waals surface area (Å²) in [5, 5.41) is 2.74. The van der Waals surface area contributed by atoms with E-state index in [1.807, 2.05) is 20.8 Å². The van der Waals surface area contributed by atoms with Crippen LogP contribution in [0.3, 0.4) is 0 Å². The normalized spacial score (nSPS) is 18.2. The molecule has 0 spiro atoms. The highest BCUT2D eigenvalue weighted by atomic mass is 16.6. The predicted molar refractivity (Wildman–Crippen MR) is 73.3 cm³/mol. The maximum Gasteiger partial charge on any atom is 0.407 e. The Bertz CT molecular complexity index is 460. The number of carbonyl (C=O) groups excluding carboxylic acids is 1. The fourth-order valence-electron chi connectivity index (χ4n) is 2.29. The van der Waals surface area contributed by atoms with Crippen LogP contribution >= 0.6 is 0 Å². The third-order valence-corrected chi connectivity index (χ3v) is 3.18. The zero-order chi connectivity index (χ0) is 14.0. The van der Waals surface area contributed by atoms with Crippen LogP contribution in [0.1, 0.15) is 57.2 Å². The van der Waals surface area contributed by atoms with Gasteiger partial charge in [-0.15, -0.1) is 0 Å². The van der Waals surface area contributed by atoms with Crippen molar-refractivity contribution in [2.24, 2.45) is 0 Å². The zero-order valence-corrected chi connectivity index (χ0v) is 12.2. The number of alkyl carbamates (subject to hydrolysis) is 1. The van der Waals surface area contributed by atoms with Gasteiger partial charge in [-0.2, -0.15) is 0 Å². The number of nitrogens with one attached hydrogen (secondary N) is 2. The number of aromatic nitrogens is 2. The van der Waals surface area contributed by atoms with E-state index in [-0.39, 0.29) is 6.09 Å². The number of amides is 1. The Balaban J connectivity index is 1.78. The van der Waals surface area contributed by atoms with E-state index in [4.69, 9.17) is 4.74 Å². The number of carbonyl (C=O) groups is 1. The number of rotatable bonds is 3. The summed E-state index contributed by atoms with van der Waals surface area (Å²) in [6.07, 6.45) is 2.60. The second-order valence-electron chi connectivity index (χ2n) is 6.17.